The summed E-state index contributed by atoms with van der Waals surface area (Å²) in [6, 6.07) is 16.3. The third-order valence-electron chi connectivity index (χ3n) is 3.23. The Morgan fingerprint density at radius 1 is 1.16 bits per heavy atom. The molecule has 19 heavy (non-hydrogen) atoms. The van der Waals surface area contributed by atoms with Crippen molar-refractivity contribution in [1.82, 2.24) is 5.32 Å². The van der Waals surface area contributed by atoms with Gasteiger partial charge in [0.2, 0.25) is 0 Å². The topological polar surface area (TPSA) is 21.3 Å². The van der Waals surface area contributed by atoms with E-state index in [2.05, 4.69) is 23.5 Å². The number of likely N-dealkylation sites (N-methyl/N-ethyl adjacent to an activating group) is 1. The molecule has 0 aliphatic rings. The molecule has 1 unspecified atom stereocenters. The Labute approximate surface area is 119 Å². The Morgan fingerprint density at radius 2 is 1.95 bits per heavy atom. The zero-order valence-corrected chi connectivity index (χ0v) is 11.9. The fraction of sp³-hybridized carbons (Fsp3) is 0.250. The molecule has 0 saturated carbocycles. The van der Waals surface area contributed by atoms with Gasteiger partial charge in [-0.3, -0.25) is 0 Å². The largest absolute Gasteiger partial charge is 0.497 e. The number of benzene rings is 2. The molecule has 0 saturated heterocycles. The maximum atomic E-state index is 6.22. The molecule has 0 aliphatic heterocycles. The van der Waals surface area contributed by atoms with E-state index in [-0.39, 0.29) is 6.04 Å². The van der Waals surface area contributed by atoms with E-state index >= 15 is 0 Å². The molecule has 2 rings (SSSR count). The van der Waals surface area contributed by atoms with Crippen molar-refractivity contribution < 1.29 is 4.74 Å². The molecular formula is C16H18ClNO. The molecule has 0 spiro atoms. The van der Waals surface area contributed by atoms with Gasteiger partial charge in [-0.15, -0.1) is 0 Å². The van der Waals surface area contributed by atoms with E-state index in [0.717, 1.165) is 22.8 Å². The summed E-state index contributed by atoms with van der Waals surface area (Å²) >= 11 is 6.22. The van der Waals surface area contributed by atoms with Crippen LogP contribution in [-0.2, 0) is 6.42 Å². The van der Waals surface area contributed by atoms with Crippen LogP contribution in [0.25, 0.3) is 0 Å². The first kappa shape index (κ1) is 13.9. The molecule has 0 bridgehead atoms. The van der Waals surface area contributed by atoms with Crippen molar-refractivity contribution in [2.24, 2.45) is 0 Å². The lowest BCUT2D eigenvalue weighted by molar-refractivity contribution is 0.413. The fourth-order valence-corrected chi connectivity index (χ4v) is 2.34. The van der Waals surface area contributed by atoms with Crippen molar-refractivity contribution in [1.29, 1.82) is 0 Å². The van der Waals surface area contributed by atoms with Crippen LogP contribution in [0.2, 0.25) is 5.02 Å². The van der Waals surface area contributed by atoms with Crippen molar-refractivity contribution in [3.8, 4) is 5.75 Å². The van der Waals surface area contributed by atoms with Gasteiger partial charge in [0.15, 0.2) is 0 Å². The quantitative estimate of drug-likeness (QED) is 0.895. The molecule has 2 aromatic rings. The molecule has 0 aliphatic carbocycles. The minimum absolute atomic E-state index is 0.218. The smallest absolute Gasteiger partial charge is 0.119 e. The van der Waals surface area contributed by atoms with Gasteiger partial charge >= 0.3 is 0 Å². The number of methoxy groups -OCH3 is 1. The molecule has 0 amide bonds. The zero-order valence-electron chi connectivity index (χ0n) is 11.2. The van der Waals surface area contributed by atoms with Crippen molar-refractivity contribution in [3.05, 3.63) is 64.7 Å². The van der Waals surface area contributed by atoms with Crippen LogP contribution < -0.4 is 10.1 Å². The Balaban J connectivity index is 2.22. The summed E-state index contributed by atoms with van der Waals surface area (Å²) in [5.41, 5.74) is 2.34. The maximum absolute atomic E-state index is 6.22. The van der Waals surface area contributed by atoms with Gasteiger partial charge in [0, 0.05) is 11.1 Å². The molecule has 100 valence electrons. The van der Waals surface area contributed by atoms with Gasteiger partial charge in [0.1, 0.15) is 5.75 Å². The zero-order chi connectivity index (χ0) is 13.7. The van der Waals surface area contributed by atoms with Crippen molar-refractivity contribution >= 4 is 11.6 Å². The summed E-state index contributed by atoms with van der Waals surface area (Å²) in [6.45, 7) is 0. The van der Waals surface area contributed by atoms with Crippen molar-refractivity contribution in [2.75, 3.05) is 14.2 Å². The van der Waals surface area contributed by atoms with Crippen LogP contribution in [0.4, 0.5) is 0 Å². The van der Waals surface area contributed by atoms with Crippen LogP contribution in [0.1, 0.15) is 17.2 Å². The van der Waals surface area contributed by atoms with E-state index in [9.17, 15) is 0 Å². The SMILES string of the molecule is CNC(Cc1ccccc1Cl)c1cccc(OC)c1. The summed E-state index contributed by atoms with van der Waals surface area (Å²) in [5, 5.41) is 4.14. The fourth-order valence-electron chi connectivity index (χ4n) is 2.13. The second-order valence-electron chi connectivity index (χ2n) is 4.41. The first-order chi connectivity index (χ1) is 9.24. The molecular weight excluding hydrogens is 258 g/mol. The third kappa shape index (κ3) is 3.49. The first-order valence-corrected chi connectivity index (χ1v) is 6.67. The van der Waals surface area contributed by atoms with Gasteiger partial charge in [-0.25, -0.2) is 0 Å². The average Bonchev–Trinajstić information content (AvgIpc) is 2.46. The summed E-state index contributed by atoms with van der Waals surface area (Å²) in [6.07, 6.45) is 0.851. The van der Waals surface area contributed by atoms with Crippen molar-refractivity contribution in [2.45, 2.75) is 12.5 Å². The third-order valence-corrected chi connectivity index (χ3v) is 3.60. The second-order valence-corrected chi connectivity index (χ2v) is 4.82. The highest BCUT2D eigenvalue weighted by Crippen LogP contribution is 2.25. The monoisotopic (exact) mass is 275 g/mol. The lowest BCUT2D eigenvalue weighted by Crippen LogP contribution is -2.19. The van der Waals surface area contributed by atoms with E-state index in [1.807, 2.05) is 37.4 Å². The first-order valence-electron chi connectivity index (χ1n) is 6.29. The van der Waals surface area contributed by atoms with Crippen LogP contribution >= 0.6 is 11.6 Å². The summed E-state index contributed by atoms with van der Waals surface area (Å²) < 4.78 is 5.27. The van der Waals surface area contributed by atoms with Gasteiger partial charge in [-0.1, -0.05) is 41.9 Å². The molecule has 0 heterocycles. The molecule has 2 nitrogen and oxygen atoms in total. The molecule has 0 radical (unpaired) electrons. The maximum Gasteiger partial charge on any atom is 0.119 e. The lowest BCUT2D eigenvalue weighted by Gasteiger charge is -2.18. The molecule has 3 heteroatoms. The van der Waals surface area contributed by atoms with E-state index < -0.39 is 0 Å². The van der Waals surface area contributed by atoms with Gasteiger partial charge in [-0.05, 0) is 42.8 Å². The number of ether oxygens (including phenoxy) is 1. The van der Waals surface area contributed by atoms with Crippen LogP contribution in [-0.4, -0.2) is 14.2 Å². The van der Waals surface area contributed by atoms with Gasteiger partial charge in [0.05, 0.1) is 7.11 Å². The highest BCUT2D eigenvalue weighted by Gasteiger charge is 2.12. The number of hydrogen-bond donors (Lipinski definition) is 1. The number of rotatable bonds is 5. The van der Waals surface area contributed by atoms with Gasteiger partial charge in [0.25, 0.3) is 0 Å². The molecule has 2 aromatic carbocycles. The van der Waals surface area contributed by atoms with Crippen molar-refractivity contribution in [3.63, 3.8) is 0 Å². The van der Waals surface area contributed by atoms with E-state index in [1.54, 1.807) is 7.11 Å². The molecule has 0 aromatic heterocycles. The minimum Gasteiger partial charge on any atom is -0.497 e. The predicted octanol–water partition coefficient (Wildman–Crippen LogP) is 3.85. The number of halogens is 1. The molecule has 0 fully saturated rings. The van der Waals surface area contributed by atoms with E-state index in [0.29, 0.717) is 0 Å². The summed E-state index contributed by atoms with van der Waals surface area (Å²) in [5.74, 6) is 0.872. The minimum atomic E-state index is 0.218. The standard InChI is InChI=1S/C16H18ClNO/c1-18-16(11-12-6-3-4-9-15(12)17)13-7-5-8-14(10-13)19-2/h3-10,16,18H,11H2,1-2H3. The normalized spacial score (nSPS) is 12.2. The van der Waals surface area contributed by atoms with E-state index in [1.165, 1.54) is 5.56 Å². The Bertz CT molecular complexity index is 542. The van der Waals surface area contributed by atoms with Crippen LogP contribution in [0, 0.1) is 0 Å². The number of nitrogens with one attached hydrogen (secondary N) is 1. The second kappa shape index (κ2) is 6.60. The number of hydrogen-bond acceptors (Lipinski definition) is 2. The lowest BCUT2D eigenvalue weighted by atomic mass is 9.99. The van der Waals surface area contributed by atoms with Crippen LogP contribution in [0.5, 0.6) is 5.75 Å². The van der Waals surface area contributed by atoms with Crippen LogP contribution in [0.15, 0.2) is 48.5 Å². The van der Waals surface area contributed by atoms with Gasteiger partial charge < -0.3 is 10.1 Å². The Hall–Kier alpha value is -1.51. The highest BCUT2D eigenvalue weighted by atomic mass is 35.5. The predicted molar refractivity (Wildman–Crippen MR) is 80.0 cm³/mol. The summed E-state index contributed by atoms with van der Waals surface area (Å²) in [4.78, 5) is 0. The van der Waals surface area contributed by atoms with Gasteiger partial charge in [-0.2, -0.15) is 0 Å². The average molecular weight is 276 g/mol. The highest BCUT2D eigenvalue weighted by molar-refractivity contribution is 6.31. The Morgan fingerprint density at radius 3 is 2.63 bits per heavy atom. The Kier molecular flexibility index (Phi) is 4.83. The van der Waals surface area contributed by atoms with E-state index in [4.69, 9.17) is 16.3 Å². The summed E-state index contributed by atoms with van der Waals surface area (Å²) in [7, 11) is 3.64. The molecule has 1 atom stereocenters. The van der Waals surface area contributed by atoms with Crippen LogP contribution in [0.3, 0.4) is 0 Å². The molecule has 1 N–H and O–H groups in total.